The van der Waals surface area contributed by atoms with Crippen LogP contribution in [0.2, 0.25) is 0 Å². The molecule has 2 heterocycles. The molecule has 0 saturated carbocycles. The highest BCUT2D eigenvalue weighted by Crippen LogP contribution is 2.32. The van der Waals surface area contributed by atoms with Crippen LogP contribution in [0.4, 0.5) is 0 Å². The van der Waals surface area contributed by atoms with Crippen LogP contribution >= 0.6 is 0 Å². The molecule has 2 fully saturated rings. The topological polar surface area (TPSA) is 66.6 Å². The minimum atomic E-state index is -0.0443. The number of likely N-dealkylation sites (tertiary alicyclic amines) is 2. The van der Waals surface area contributed by atoms with Crippen molar-refractivity contribution in [2.75, 3.05) is 19.6 Å². The van der Waals surface area contributed by atoms with Gasteiger partial charge in [0.1, 0.15) is 0 Å². The van der Waals surface area contributed by atoms with Gasteiger partial charge in [-0.05, 0) is 48.2 Å². The Morgan fingerprint density at radius 1 is 0.758 bits per heavy atom. The molecule has 2 aliphatic rings. The van der Waals surface area contributed by atoms with Gasteiger partial charge in [0, 0.05) is 42.7 Å². The first-order valence-electron chi connectivity index (χ1n) is 11.6. The van der Waals surface area contributed by atoms with Crippen LogP contribution in [0.1, 0.15) is 38.3 Å². The SMILES string of the molecule is NC1CCN(C(=O)c2ccccc2)C1C1CN(C(=O)c2ccc(Cc3ccccc3)cc2)C1. The highest BCUT2D eigenvalue weighted by molar-refractivity contribution is 5.95. The summed E-state index contributed by atoms with van der Waals surface area (Å²) in [5.41, 5.74) is 10.3. The van der Waals surface area contributed by atoms with Crippen molar-refractivity contribution in [1.82, 2.24) is 9.80 Å². The van der Waals surface area contributed by atoms with E-state index in [1.165, 1.54) is 11.1 Å². The van der Waals surface area contributed by atoms with Gasteiger partial charge in [-0.2, -0.15) is 0 Å². The lowest BCUT2D eigenvalue weighted by molar-refractivity contribution is 0.0244. The third-order valence-electron chi connectivity index (χ3n) is 6.92. The number of nitrogens with zero attached hydrogens (tertiary/aromatic N) is 2. The van der Waals surface area contributed by atoms with Crippen LogP contribution in [0.5, 0.6) is 0 Å². The fourth-order valence-corrected chi connectivity index (χ4v) is 5.10. The summed E-state index contributed by atoms with van der Waals surface area (Å²) in [5, 5.41) is 0. The Labute approximate surface area is 194 Å². The molecule has 33 heavy (non-hydrogen) atoms. The third kappa shape index (κ3) is 4.41. The molecule has 3 aromatic rings. The maximum Gasteiger partial charge on any atom is 0.254 e. The van der Waals surface area contributed by atoms with Crippen molar-refractivity contribution in [3.63, 3.8) is 0 Å². The van der Waals surface area contributed by atoms with Crippen molar-refractivity contribution >= 4 is 11.8 Å². The summed E-state index contributed by atoms with van der Waals surface area (Å²) in [6.07, 6.45) is 1.66. The standard InChI is InChI=1S/C28H29N3O2/c29-25-15-16-31(28(33)22-9-5-2-6-10-22)26(25)24-18-30(19-24)27(32)23-13-11-21(12-14-23)17-20-7-3-1-4-8-20/h1-14,24-26H,15-19,29H2. The zero-order chi connectivity index (χ0) is 22.8. The minimum Gasteiger partial charge on any atom is -0.338 e. The maximum atomic E-state index is 13.0. The van der Waals surface area contributed by atoms with Crippen LogP contribution in [-0.2, 0) is 6.42 Å². The molecule has 168 valence electrons. The molecule has 2 N–H and O–H groups in total. The monoisotopic (exact) mass is 439 g/mol. The lowest BCUT2D eigenvalue weighted by Crippen LogP contribution is -2.61. The number of amides is 2. The van der Waals surface area contributed by atoms with Crippen molar-refractivity contribution in [3.05, 3.63) is 107 Å². The second kappa shape index (κ2) is 9.20. The molecule has 2 aliphatic heterocycles. The van der Waals surface area contributed by atoms with Gasteiger partial charge < -0.3 is 15.5 Å². The van der Waals surface area contributed by atoms with Crippen molar-refractivity contribution in [2.45, 2.75) is 24.9 Å². The van der Waals surface area contributed by atoms with Crippen LogP contribution in [0.15, 0.2) is 84.9 Å². The number of nitrogens with two attached hydrogens (primary N) is 1. The Balaban J connectivity index is 1.20. The third-order valence-corrected chi connectivity index (χ3v) is 6.92. The lowest BCUT2D eigenvalue weighted by Gasteiger charge is -2.46. The van der Waals surface area contributed by atoms with Crippen molar-refractivity contribution in [2.24, 2.45) is 11.7 Å². The number of hydrogen-bond donors (Lipinski definition) is 1. The normalized spacial score (nSPS) is 20.5. The number of rotatable bonds is 5. The zero-order valence-corrected chi connectivity index (χ0v) is 18.6. The highest BCUT2D eigenvalue weighted by Gasteiger charge is 2.46. The van der Waals surface area contributed by atoms with Crippen LogP contribution in [-0.4, -0.2) is 53.3 Å². The molecule has 5 nitrogen and oxygen atoms in total. The molecule has 0 radical (unpaired) electrons. The fourth-order valence-electron chi connectivity index (χ4n) is 5.10. The number of benzene rings is 3. The van der Waals surface area contributed by atoms with Gasteiger partial charge >= 0.3 is 0 Å². The predicted octanol–water partition coefficient (Wildman–Crippen LogP) is 3.59. The van der Waals surface area contributed by atoms with Gasteiger partial charge in [-0.25, -0.2) is 0 Å². The highest BCUT2D eigenvalue weighted by atomic mass is 16.2. The smallest absolute Gasteiger partial charge is 0.254 e. The first-order valence-corrected chi connectivity index (χ1v) is 11.6. The zero-order valence-electron chi connectivity index (χ0n) is 18.6. The molecule has 0 spiro atoms. The quantitative estimate of drug-likeness (QED) is 0.661. The van der Waals surface area contributed by atoms with E-state index in [9.17, 15) is 9.59 Å². The van der Waals surface area contributed by atoms with Crippen molar-refractivity contribution in [3.8, 4) is 0 Å². The summed E-state index contributed by atoms with van der Waals surface area (Å²) >= 11 is 0. The van der Waals surface area contributed by atoms with Gasteiger partial charge in [0.05, 0.1) is 6.04 Å². The number of carbonyl (C=O) groups is 2. The number of carbonyl (C=O) groups excluding carboxylic acids is 2. The Hall–Kier alpha value is -3.44. The van der Waals surface area contributed by atoms with E-state index in [2.05, 4.69) is 12.1 Å². The van der Waals surface area contributed by atoms with Gasteiger partial charge in [0.25, 0.3) is 11.8 Å². The molecule has 0 bridgehead atoms. The van der Waals surface area contributed by atoms with Crippen molar-refractivity contribution < 1.29 is 9.59 Å². The Kier molecular flexibility index (Phi) is 5.97. The van der Waals surface area contributed by atoms with E-state index in [0.29, 0.717) is 30.8 Å². The summed E-state index contributed by atoms with van der Waals surface area (Å²) in [6.45, 7) is 1.95. The van der Waals surface area contributed by atoms with E-state index in [4.69, 9.17) is 5.73 Å². The molecule has 2 amide bonds. The molecule has 0 aliphatic carbocycles. The van der Waals surface area contributed by atoms with E-state index in [0.717, 1.165) is 12.8 Å². The predicted molar refractivity (Wildman–Crippen MR) is 129 cm³/mol. The first-order chi connectivity index (χ1) is 16.1. The summed E-state index contributed by atoms with van der Waals surface area (Å²) < 4.78 is 0. The van der Waals surface area contributed by atoms with Crippen LogP contribution in [0.25, 0.3) is 0 Å². The van der Waals surface area contributed by atoms with Gasteiger partial charge in [0.2, 0.25) is 0 Å². The van der Waals surface area contributed by atoms with E-state index >= 15 is 0 Å². The molecule has 2 unspecified atom stereocenters. The second-order valence-corrected chi connectivity index (χ2v) is 9.14. The van der Waals surface area contributed by atoms with E-state index in [-0.39, 0.29) is 29.8 Å². The molecular formula is C28H29N3O2. The molecule has 2 atom stereocenters. The van der Waals surface area contributed by atoms with Gasteiger partial charge in [-0.15, -0.1) is 0 Å². The van der Waals surface area contributed by atoms with Gasteiger partial charge in [-0.1, -0.05) is 60.7 Å². The average Bonchev–Trinajstić information content (AvgIpc) is 3.20. The minimum absolute atomic E-state index is 0.0185. The average molecular weight is 440 g/mol. The number of hydrogen-bond acceptors (Lipinski definition) is 3. The molecule has 2 saturated heterocycles. The molecular weight excluding hydrogens is 410 g/mol. The second-order valence-electron chi connectivity index (χ2n) is 9.14. The Bertz CT molecular complexity index is 1110. The van der Waals surface area contributed by atoms with Gasteiger partial charge in [0.15, 0.2) is 0 Å². The van der Waals surface area contributed by atoms with Crippen LogP contribution in [0.3, 0.4) is 0 Å². The van der Waals surface area contributed by atoms with Crippen LogP contribution < -0.4 is 5.73 Å². The molecule has 5 heteroatoms. The van der Waals surface area contributed by atoms with Crippen molar-refractivity contribution in [1.29, 1.82) is 0 Å². The molecule has 3 aromatic carbocycles. The molecule has 5 rings (SSSR count). The summed E-state index contributed by atoms with van der Waals surface area (Å²) in [6, 6.07) is 27.5. The van der Waals surface area contributed by atoms with E-state index in [1.54, 1.807) is 0 Å². The van der Waals surface area contributed by atoms with E-state index < -0.39 is 0 Å². The Morgan fingerprint density at radius 3 is 2.00 bits per heavy atom. The Morgan fingerprint density at radius 2 is 1.33 bits per heavy atom. The summed E-state index contributed by atoms with van der Waals surface area (Å²) in [5.74, 6) is 0.300. The van der Waals surface area contributed by atoms with Gasteiger partial charge in [-0.3, -0.25) is 9.59 Å². The van der Waals surface area contributed by atoms with Crippen LogP contribution in [0, 0.1) is 5.92 Å². The summed E-state index contributed by atoms with van der Waals surface area (Å²) in [4.78, 5) is 29.8. The first kappa shape index (κ1) is 21.4. The van der Waals surface area contributed by atoms with E-state index in [1.807, 2.05) is 82.6 Å². The maximum absolute atomic E-state index is 13.0. The lowest BCUT2D eigenvalue weighted by atomic mass is 9.86. The largest absolute Gasteiger partial charge is 0.338 e. The molecule has 0 aromatic heterocycles. The summed E-state index contributed by atoms with van der Waals surface area (Å²) in [7, 11) is 0. The fraction of sp³-hybridized carbons (Fsp3) is 0.286.